The van der Waals surface area contributed by atoms with Gasteiger partial charge in [0.1, 0.15) is 12.3 Å². The summed E-state index contributed by atoms with van der Waals surface area (Å²) < 4.78 is 0. The number of nitrogens with one attached hydrogen (secondary N) is 1. The van der Waals surface area contributed by atoms with Gasteiger partial charge in [0.25, 0.3) is 0 Å². The first kappa shape index (κ1) is 7.50. The molecule has 1 heterocycles. The zero-order valence-corrected chi connectivity index (χ0v) is 5.74. The van der Waals surface area contributed by atoms with Gasteiger partial charge >= 0.3 is 5.97 Å². The minimum absolute atomic E-state index is 0.0208. The van der Waals surface area contributed by atoms with E-state index in [1.807, 2.05) is 6.92 Å². The second-order valence-corrected chi connectivity index (χ2v) is 2.71. The summed E-state index contributed by atoms with van der Waals surface area (Å²) in [6.45, 7) is 1.81. The molecule has 1 rings (SSSR count). The number of aliphatic hydroxyl groups is 1. The number of carbonyl (C=O) groups is 1. The Hall–Kier alpha value is -0.610. The Labute approximate surface area is 58.9 Å². The smallest absolute Gasteiger partial charge is 0.321 e. The van der Waals surface area contributed by atoms with Crippen LogP contribution >= 0.6 is 0 Å². The standard InChI is InChI=1S/C6H11NO3/c1-3-2-4(8)7-5(3)6(9)10/h3-5,7-8H,2H2,1H3,(H,9,10). The average molecular weight is 145 g/mol. The van der Waals surface area contributed by atoms with Crippen molar-refractivity contribution < 1.29 is 15.0 Å². The molecule has 0 aromatic heterocycles. The summed E-state index contributed by atoms with van der Waals surface area (Å²) in [6.07, 6.45) is -0.118. The van der Waals surface area contributed by atoms with E-state index in [2.05, 4.69) is 5.32 Å². The summed E-state index contributed by atoms with van der Waals surface area (Å²) in [7, 11) is 0. The molecule has 58 valence electrons. The highest BCUT2D eigenvalue weighted by molar-refractivity contribution is 5.74. The van der Waals surface area contributed by atoms with Crippen LogP contribution in [0.15, 0.2) is 0 Å². The Morgan fingerprint density at radius 2 is 2.30 bits per heavy atom. The second kappa shape index (κ2) is 2.56. The van der Waals surface area contributed by atoms with Crippen molar-refractivity contribution in [1.29, 1.82) is 0 Å². The van der Waals surface area contributed by atoms with E-state index in [1.165, 1.54) is 0 Å². The summed E-state index contributed by atoms with van der Waals surface area (Å²) in [4.78, 5) is 10.4. The Morgan fingerprint density at radius 1 is 1.70 bits per heavy atom. The van der Waals surface area contributed by atoms with Gasteiger partial charge in [-0.1, -0.05) is 6.92 Å². The molecule has 3 N–H and O–H groups in total. The van der Waals surface area contributed by atoms with Crippen LogP contribution in [0.5, 0.6) is 0 Å². The molecule has 0 aliphatic carbocycles. The van der Waals surface area contributed by atoms with Gasteiger partial charge in [0.2, 0.25) is 0 Å². The first-order valence-corrected chi connectivity index (χ1v) is 3.28. The lowest BCUT2D eigenvalue weighted by atomic mass is 10.0. The molecular formula is C6H11NO3. The fourth-order valence-corrected chi connectivity index (χ4v) is 1.24. The number of aliphatic carboxylic acids is 1. The van der Waals surface area contributed by atoms with Gasteiger partial charge in [-0.3, -0.25) is 10.1 Å². The van der Waals surface area contributed by atoms with Gasteiger partial charge in [0.05, 0.1) is 0 Å². The van der Waals surface area contributed by atoms with Gasteiger partial charge in [0.15, 0.2) is 0 Å². The normalized spacial score (nSPS) is 40.0. The third-order valence-electron chi connectivity index (χ3n) is 1.80. The van der Waals surface area contributed by atoms with E-state index < -0.39 is 18.2 Å². The highest BCUT2D eigenvalue weighted by Gasteiger charge is 2.34. The summed E-state index contributed by atoms with van der Waals surface area (Å²) in [5, 5.41) is 20.0. The number of carboxylic acids is 1. The zero-order chi connectivity index (χ0) is 7.72. The van der Waals surface area contributed by atoms with E-state index in [0.29, 0.717) is 6.42 Å². The highest BCUT2D eigenvalue weighted by Crippen LogP contribution is 2.17. The maximum atomic E-state index is 10.4. The van der Waals surface area contributed by atoms with Crippen LogP contribution in [-0.2, 0) is 4.79 Å². The van der Waals surface area contributed by atoms with Crippen molar-refractivity contribution in [2.75, 3.05) is 0 Å². The van der Waals surface area contributed by atoms with Crippen LogP contribution in [-0.4, -0.2) is 28.5 Å². The fourth-order valence-electron chi connectivity index (χ4n) is 1.24. The van der Waals surface area contributed by atoms with Crippen molar-refractivity contribution in [3.05, 3.63) is 0 Å². The molecule has 0 spiro atoms. The van der Waals surface area contributed by atoms with Crippen molar-refractivity contribution in [3.8, 4) is 0 Å². The van der Waals surface area contributed by atoms with Crippen LogP contribution in [0.3, 0.4) is 0 Å². The summed E-state index contributed by atoms with van der Waals surface area (Å²) in [5.41, 5.74) is 0. The molecule has 0 saturated carbocycles. The van der Waals surface area contributed by atoms with Gasteiger partial charge in [-0.25, -0.2) is 0 Å². The molecule has 1 saturated heterocycles. The van der Waals surface area contributed by atoms with Crippen molar-refractivity contribution in [2.24, 2.45) is 5.92 Å². The van der Waals surface area contributed by atoms with Crippen LogP contribution in [0.2, 0.25) is 0 Å². The van der Waals surface area contributed by atoms with Gasteiger partial charge in [0, 0.05) is 0 Å². The SMILES string of the molecule is CC1CC(O)NC1C(=O)O. The molecule has 1 aliphatic rings. The predicted octanol–water partition coefficient (Wildman–Crippen LogP) is -0.613. The van der Waals surface area contributed by atoms with E-state index in [4.69, 9.17) is 10.2 Å². The topological polar surface area (TPSA) is 69.6 Å². The molecule has 4 nitrogen and oxygen atoms in total. The van der Waals surface area contributed by atoms with Crippen molar-refractivity contribution in [3.63, 3.8) is 0 Å². The monoisotopic (exact) mass is 145 g/mol. The largest absolute Gasteiger partial charge is 0.480 e. The van der Waals surface area contributed by atoms with E-state index in [9.17, 15) is 4.79 Å². The van der Waals surface area contributed by atoms with Gasteiger partial charge < -0.3 is 10.2 Å². The minimum Gasteiger partial charge on any atom is -0.480 e. The van der Waals surface area contributed by atoms with E-state index in [0.717, 1.165) is 0 Å². The van der Waals surface area contributed by atoms with Crippen LogP contribution < -0.4 is 5.32 Å². The Morgan fingerprint density at radius 3 is 2.50 bits per heavy atom. The molecule has 10 heavy (non-hydrogen) atoms. The Balaban J connectivity index is 2.54. The molecule has 0 bridgehead atoms. The number of aliphatic hydroxyl groups excluding tert-OH is 1. The van der Waals surface area contributed by atoms with Crippen LogP contribution in [0.1, 0.15) is 13.3 Å². The molecule has 1 aliphatic heterocycles. The second-order valence-electron chi connectivity index (χ2n) is 2.71. The summed E-state index contributed by atoms with van der Waals surface area (Å²) in [5.74, 6) is -0.864. The predicted molar refractivity (Wildman–Crippen MR) is 34.3 cm³/mol. The van der Waals surface area contributed by atoms with Crippen molar-refractivity contribution in [2.45, 2.75) is 25.6 Å². The quantitative estimate of drug-likeness (QED) is 0.460. The Kier molecular flexibility index (Phi) is 1.92. The lowest BCUT2D eigenvalue weighted by Gasteiger charge is -2.07. The maximum Gasteiger partial charge on any atom is 0.321 e. The number of rotatable bonds is 1. The first-order valence-electron chi connectivity index (χ1n) is 3.28. The van der Waals surface area contributed by atoms with Crippen molar-refractivity contribution in [1.82, 2.24) is 5.32 Å². The molecule has 0 radical (unpaired) electrons. The summed E-state index contributed by atoms with van der Waals surface area (Å²) >= 11 is 0. The molecule has 0 aromatic rings. The van der Waals surface area contributed by atoms with E-state index in [1.54, 1.807) is 0 Å². The van der Waals surface area contributed by atoms with Crippen molar-refractivity contribution >= 4 is 5.97 Å². The van der Waals surface area contributed by atoms with Gasteiger partial charge in [-0.05, 0) is 12.3 Å². The van der Waals surface area contributed by atoms with Crippen LogP contribution in [0, 0.1) is 5.92 Å². The maximum absolute atomic E-state index is 10.4. The molecule has 0 amide bonds. The van der Waals surface area contributed by atoms with E-state index >= 15 is 0 Å². The molecule has 1 fully saturated rings. The molecule has 3 unspecified atom stereocenters. The molecule has 3 atom stereocenters. The third kappa shape index (κ3) is 1.27. The fraction of sp³-hybridized carbons (Fsp3) is 0.833. The zero-order valence-electron chi connectivity index (χ0n) is 5.74. The van der Waals surface area contributed by atoms with Gasteiger partial charge in [-0.2, -0.15) is 0 Å². The molecule has 4 heteroatoms. The lowest BCUT2D eigenvalue weighted by Crippen LogP contribution is -2.37. The number of carboxylic acid groups (broad SMARTS) is 1. The Bertz CT molecular complexity index is 148. The third-order valence-corrected chi connectivity index (χ3v) is 1.80. The van der Waals surface area contributed by atoms with Crippen LogP contribution in [0.4, 0.5) is 0 Å². The van der Waals surface area contributed by atoms with E-state index in [-0.39, 0.29) is 5.92 Å². The molecular weight excluding hydrogens is 134 g/mol. The number of hydrogen-bond donors (Lipinski definition) is 3. The number of hydrogen-bond acceptors (Lipinski definition) is 3. The highest BCUT2D eigenvalue weighted by atomic mass is 16.4. The minimum atomic E-state index is -0.885. The van der Waals surface area contributed by atoms with Gasteiger partial charge in [-0.15, -0.1) is 0 Å². The lowest BCUT2D eigenvalue weighted by molar-refractivity contribution is -0.140. The molecule has 0 aromatic carbocycles. The summed E-state index contributed by atoms with van der Waals surface area (Å²) in [6, 6.07) is -0.574. The average Bonchev–Trinajstić information content (AvgIpc) is 2.10. The van der Waals surface area contributed by atoms with Crippen LogP contribution in [0.25, 0.3) is 0 Å². The first-order chi connectivity index (χ1) is 4.61.